The summed E-state index contributed by atoms with van der Waals surface area (Å²) in [7, 11) is 0. The van der Waals surface area contributed by atoms with Gasteiger partial charge in [-0.05, 0) is 13.8 Å². The van der Waals surface area contributed by atoms with Gasteiger partial charge in [-0.2, -0.15) is 18.6 Å². The molecule has 0 radical (unpaired) electrons. The Morgan fingerprint density at radius 2 is 1.46 bits per heavy atom. The van der Waals surface area contributed by atoms with Gasteiger partial charge in [0.05, 0.1) is 0 Å². The number of nitrogens with zero attached hydrogens (tertiary/aromatic N) is 1. The van der Waals surface area contributed by atoms with Crippen LogP contribution in [0.25, 0.3) is 0 Å². The molecule has 0 saturated heterocycles. The lowest BCUT2D eigenvalue weighted by Crippen LogP contribution is -2.24. The van der Waals surface area contributed by atoms with Crippen LogP contribution < -0.4 is 22.6 Å². The van der Waals surface area contributed by atoms with Crippen LogP contribution in [-0.4, -0.2) is 17.8 Å². The molecule has 0 aliphatic rings. The van der Waals surface area contributed by atoms with Crippen LogP contribution in [0.3, 0.4) is 0 Å². The van der Waals surface area contributed by atoms with E-state index in [-0.39, 0.29) is 13.5 Å². The van der Waals surface area contributed by atoms with Crippen LogP contribution in [-0.2, 0) is 0 Å². The molecule has 0 heterocycles. The lowest BCUT2D eigenvalue weighted by molar-refractivity contribution is 0.249. The first-order chi connectivity index (χ1) is 5.36. The van der Waals surface area contributed by atoms with Crippen LogP contribution in [0.1, 0.15) is 13.8 Å². The zero-order chi connectivity index (χ0) is 10.1. The highest BCUT2D eigenvalue weighted by Gasteiger charge is 1.82. The maximum Gasteiger partial charge on any atom is 0.332 e. The lowest BCUT2D eigenvalue weighted by Gasteiger charge is -1.89. The van der Waals surface area contributed by atoms with Gasteiger partial charge in [-0.1, -0.05) is 0 Å². The van der Waals surface area contributed by atoms with E-state index in [0.29, 0.717) is 0 Å². The molecule has 0 aliphatic carbocycles. The largest absolute Gasteiger partial charge is 0.352 e. The molecule has 0 aromatic carbocycles. The van der Waals surface area contributed by atoms with Gasteiger partial charge in [0.15, 0.2) is 0 Å². The van der Waals surface area contributed by atoms with Gasteiger partial charge in [-0.3, -0.25) is 0 Å². The summed E-state index contributed by atoms with van der Waals surface area (Å²) in [5.74, 6) is 0. The molecule has 7 nitrogen and oxygen atoms in total. The van der Waals surface area contributed by atoms with Crippen LogP contribution in [0.15, 0.2) is 5.10 Å². The van der Waals surface area contributed by atoms with Crippen LogP contribution >= 0.6 is 13.5 Å². The number of primary amides is 3. The Hall–Kier alpha value is -1.44. The highest BCUT2D eigenvalue weighted by Crippen LogP contribution is 1.66. The monoisotopic (exact) mass is 209 g/mol. The summed E-state index contributed by atoms with van der Waals surface area (Å²) < 4.78 is 0. The predicted molar refractivity (Wildman–Crippen MR) is 55.7 cm³/mol. The van der Waals surface area contributed by atoms with E-state index < -0.39 is 12.1 Å². The fourth-order valence-corrected chi connectivity index (χ4v) is 0.167. The van der Waals surface area contributed by atoms with Crippen LogP contribution in [0.5, 0.6) is 0 Å². The number of carbonyl (C=O) groups excluding carboxylic acids is 2. The summed E-state index contributed by atoms with van der Waals surface area (Å²) in [5.41, 5.74) is 16.0. The van der Waals surface area contributed by atoms with Crippen LogP contribution in [0.4, 0.5) is 9.59 Å². The Balaban J connectivity index is -0.000000173. The molecule has 0 unspecified atom stereocenters. The van der Waals surface area contributed by atoms with Crippen molar-refractivity contribution in [2.24, 2.45) is 22.3 Å². The quantitative estimate of drug-likeness (QED) is 0.331. The predicted octanol–water partition coefficient (Wildman–Crippen LogP) is -0.813. The van der Waals surface area contributed by atoms with E-state index in [1.807, 2.05) is 0 Å². The number of urea groups is 2. The number of rotatable bonds is 1. The Labute approximate surface area is 83.2 Å². The first-order valence-electron chi connectivity index (χ1n) is 2.97. The summed E-state index contributed by atoms with van der Waals surface area (Å²) in [6, 6.07) is -1.47. The van der Waals surface area contributed by atoms with Crippen molar-refractivity contribution in [2.75, 3.05) is 0 Å². The zero-order valence-electron chi connectivity index (χ0n) is 7.50. The second kappa shape index (κ2) is 10.6. The number of hydrazone groups is 1. The molecule has 8 heteroatoms. The van der Waals surface area contributed by atoms with Crippen molar-refractivity contribution >= 4 is 31.3 Å². The van der Waals surface area contributed by atoms with Gasteiger partial charge in [0.2, 0.25) is 0 Å². The number of carbonyl (C=O) groups is 2. The van der Waals surface area contributed by atoms with E-state index in [1.165, 1.54) is 0 Å². The van der Waals surface area contributed by atoms with E-state index in [2.05, 4.69) is 27.7 Å². The third-order valence-corrected chi connectivity index (χ3v) is 0.390. The molecule has 0 fully saturated rings. The van der Waals surface area contributed by atoms with Crippen molar-refractivity contribution < 1.29 is 9.59 Å². The summed E-state index contributed by atoms with van der Waals surface area (Å²) in [6.07, 6.45) is 0. The number of nitrogens with two attached hydrogens (primary N) is 3. The van der Waals surface area contributed by atoms with E-state index in [9.17, 15) is 4.79 Å². The Morgan fingerprint density at radius 1 is 1.15 bits per heavy atom. The first-order valence-corrected chi connectivity index (χ1v) is 2.97. The maximum absolute atomic E-state index is 9.91. The molecule has 0 rings (SSSR count). The number of hydrogen-bond donors (Lipinski definition) is 4. The van der Waals surface area contributed by atoms with Gasteiger partial charge in [0.1, 0.15) is 0 Å². The number of hydrogen-bond acceptors (Lipinski definition) is 3. The molecule has 0 saturated carbocycles. The van der Waals surface area contributed by atoms with Crippen molar-refractivity contribution in [3.05, 3.63) is 0 Å². The Bertz CT molecular complexity index is 185. The highest BCUT2D eigenvalue weighted by molar-refractivity contribution is 7.59. The molecule has 0 atom stereocenters. The molecule has 0 aliphatic heterocycles. The van der Waals surface area contributed by atoms with Crippen molar-refractivity contribution in [1.82, 2.24) is 5.43 Å². The minimum absolute atomic E-state index is 0. The zero-order valence-corrected chi connectivity index (χ0v) is 8.50. The van der Waals surface area contributed by atoms with Gasteiger partial charge in [-0.15, -0.1) is 0 Å². The fraction of sp³-hybridized carbons (Fsp3) is 0.400. The Morgan fingerprint density at radius 3 is 1.54 bits per heavy atom. The van der Waals surface area contributed by atoms with Gasteiger partial charge in [-0.25, -0.2) is 15.0 Å². The topological polar surface area (TPSA) is 137 Å². The number of nitrogens with one attached hydrogen (secondary N) is 1. The van der Waals surface area contributed by atoms with Gasteiger partial charge in [0.25, 0.3) is 0 Å². The molecular weight excluding hydrogens is 194 g/mol. The SMILES string of the molecule is CC(C)=NNC(N)=O.NC(N)=O.S. The van der Waals surface area contributed by atoms with Gasteiger partial charge < -0.3 is 17.2 Å². The summed E-state index contributed by atoms with van der Waals surface area (Å²) in [4.78, 5) is 18.9. The second-order valence-corrected chi connectivity index (χ2v) is 1.94. The van der Waals surface area contributed by atoms with Crippen molar-refractivity contribution in [3.63, 3.8) is 0 Å². The van der Waals surface area contributed by atoms with Gasteiger partial charge in [0, 0.05) is 5.71 Å². The van der Waals surface area contributed by atoms with E-state index in [0.717, 1.165) is 5.71 Å². The molecule has 0 bridgehead atoms. The van der Waals surface area contributed by atoms with Crippen LogP contribution in [0, 0.1) is 0 Å². The molecule has 7 N–H and O–H groups in total. The van der Waals surface area contributed by atoms with E-state index in [4.69, 9.17) is 4.79 Å². The van der Waals surface area contributed by atoms with Gasteiger partial charge >= 0.3 is 12.1 Å². The third-order valence-electron chi connectivity index (χ3n) is 0.390. The van der Waals surface area contributed by atoms with E-state index in [1.54, 1.807) is 13.8 Å². The molecule has 78 valence electrons. The molecule has 4 amide bonds. The van der Waals surface area contributed by atoms with Crippen molar-refractivity contribution in [1.29, 1.82) is 0 Å². The Kier molecular flexibility index (Phi) is 14.3. The minimum Gasteiger partial charge on any atom is -0.352 e. The summed E-state index contributed by atoms with van der Waals surface area (Å²) in [5, 5.41) is 3.52. The maximum atomic E-state index is 9.91. The van der Waals surface area contributed by atoms with Crippen molar-refractivity contribution in [3.8, 4) is 0 Å². The average molecular weight is 209 g/mol. The molecule has 0 aromatic heterocycles. The lowest BCUT2D eigenvalue weighted by atomic mass is 10.5. The summed E-state index contributed by atoms with van der Waals surface area (Å²) in [6.45, 7) is 3.52. The standard InChI is InChI=1S/C4H9N3O.CH4N2O.H2S/c1-3(2)6-7-4(5)8;2-1(3)4;/h1-2H3,(H3,5,7,8);(H4,2,3,4);1H2. The van der Waals surface area contributed by atoms with E-state index >= 15 is 0 Å². The molecule has 0 spiro atoms. The van der Waals surface area contributed by atoms with Crippen molar-refractivity contribution in [2.45, 2.75) is 13.8 Å². The number of amides is 4. The van der Waals surface area contributed by atoms with Crippen LogP contribution in [0.2, 0.25) is 0 Å². The summed E-state index contributed by atoms with van der Waals surface area (Å²) >= 11 is 0. The first kappa shape index (κ1) is 17.6. The smallest absolute Gasteiger partial charge is 0.332 e. The second-order valence-electron chi connectivity index (χ2n) is 1.94. The average Bonchev–Trinajstić information content (AvgIpc) is 1.82. The normalized spacial score (nSPS) is 6.62. The fourth-order valence-electron chi connectivity index (χ4n) is 0.167. The molecule has 13 heavy (non-hydrogen) atoms. The highest BCUT2D eigenvalue weighted by atomic mass is 32.1. The molecular formula is C5H15N5O2S. The molecule has 0 aromatic rings. The minimum atomic E-state index is -0.833. The third kappa shape index (κ3) is 61.1.